The Labute approximate surface area is 153 Å². The molecule has 26 heavy (non-hydrogen) atoms. The van der Waals surface area contributed by atoms with Crippen molar-refractivity contribution < 1.29 is 9.47 Å². The molecule has 3 heterocycles. The number of hydrogen-bond donors (Lipinski definition) is 2. The number of rotatable bonds is 4. The lowest BCUT2D eigenvalue weighted by molar-refractivity contribution is 0.122. The number of hydrogen-bond acceptors (Lipinski definition) is 7. The van der Waals surface area contributed by atoms with Gasteiger partial charge in [-0.25, -0.2) is 0 Å². The molecule has 1 aromatic heterocycles. The van der Waals surface area contributed by atoms with Crippen molar-refractivity contribution in [3.8, 4) is 5.75 Å². The minimum Gasteiger partial charge on any atom is -0.493 e. The summed E-state index contributed by atoms with van der Waals surface area (Å²) in [5.41, 5.74) is 7.27. The van der Waals surface area contributed by atoms with Gasteiger partial charge in [-0.15, -0.1) is 0 Å². The van der Waals surface area contributed by atoms with Gasteiger partial charge in [0.15, 0.2) is 0 Å². The fraction of sp³-hybridized carbons (Fsp3) is 0.474. The molecule has 1 atom stereocenters. The monoisotopic (exact) mass is 355 g/mol. The largest absolute Gasteiger partial charge is 0.493 e. The molecule has 0 saturated carbocycles. The van der Waals surface area contributed by atoms with Crippen LogP contribution in [0.2, 0.25) is 0 Å². The molecule has 0 bridgehead atoms. The Morgan fingerprint density at radius 3 is 2.88 bits per heavy atom. The van der Waals surface area contributed by atoms with Crippen LogP contribution in [0.15, 0.2) is 30.3 Å². The van der Waals surface area contributed by atoms with Gasteiger partial charge in [0.05, 0.1) is 19.8 Å². The second-order valence-corrected chi connectivity index (χ2v) is 6.77. The highest BCUT2D eigenvalue weighted by atomic mass is 16.5. The number of morpholine rings is 1. The van der Waals surface area contributed by atoms with Crippen LogP contribution in [0.3, 0.4) is 0 Å². The molecule has 138 valence electrons. The SMILES string of the molecule is Nc1cc(NCC2CCOc3ccccc3C2)nc(N2CCOCC2)n1. The van der Waals surface area contributed by atoms with Gasteiger partial charge in [0.2, 0.25) is 5.95 Å². The Kier molecular flexibility index (Phi) is 5.06. The van der Waals surface area contributed by atoms with Gasteiger partial charge in [0.25, 0.3) is 0 Å². The maximum atomic E-state index is 5.99. The number of nitrogens with zero attached hydrogens (tertiary/aromatic N) is 3. The Hall–Kier alpha value is -2.54. The fourth-order valence-electron chi connectivity index (χ4n) is 3.43. The molecule has 7 nitrogen and oxygen atoms in total. The number of benzene rings is 1. The molecular formula is C19H25N5O2. The first-order valence-corrected chi connectivity index (χ1v) is 9.20. The third-order valence-electron chi connectivity index (χ3n) is 4.86. The molecule has 1 aromatic carbocycles. The molecule has 3 N–H and O–H groups in total. The maximum Gasteiger partial charge on any atom is 0.229 e. The van der Waals surface area contributed by atoms with Crippen LogP contribution in [0.4, 0.5) is 17.6 Å². The van der Waals surface area contributed by atoms with Gasteiger partial charge in [-0.2, -0.15) is 9.97 Å². The third kappa shape index (κ3) is 3.99. The number of nitrogens with one attached hydrogen (secondary N) is 1. The summed E-state index contributed by atoms with van der Waals surface area (Å²) in [7, 11) is 0. The molecule has 2 aromatic rings. The lowest BCUT2D eigenvalue weighted by Gasteiger charge is -2.27. The Morgan fingerprint density at radius 2 is 2.00 bits per heavy atom. The van der Waals surface area contributed by atoms with Gasteiger partial charge in [-0.3, -0.25) is 0 Å². The lowest BCUT2D eigenvalue weighted by atomic mass is 9.97. The molecular weight excluding hydrogens is 330 g/mol. The predicted octanol–water partition coefficient (Wildman–Crippen LogP) is 1.95. The molecule has 1 fully saturated rings. The zero-order valence-electron chi connectivity index (χ0n) is 14.9. The van der Waals surface area contributed by atoms with Crippen LogP contribution >= 0.6 is 0 Å². The highest BCUT2D eigenvalue weighted by molar-refractivity contribution is 5.51. The summed E-state index contributed by atoms with van der Waals surface area (Å²) in [5, 5.41) is 3.45. The minimum atomic E-state index is 0.485. The van der Waals surface area contributed by atoms with Crippen molar-refractivity contribution in [3.63, 3.8) is 0 Å². The van der Waals surface area contributed by atoms with E-state index in [2.05, 4.69) is 32.3 Å². The number of para-hydroxylation sites is 1. The lowest BCUT2D eigenvalue weighted by Crippen LogP contribution is -2.37. The van der Waals surface area contributed by atoms with E-state index in [1.807, 2.05) is 12.1 Å². The summed E-state index contributed by atoms with van der Waals surface area (Å²) in [6.45, 7) is 4.55. The van der Waals surface area contributed by atoms with E-state index in [-0.39, 0.29) is 0 Å². The first kappa shape index (κ1) is 16.9. The minimum absolute atomic E-state index is 0.485. The molecule has 1 saturated heterocycles. The summed E-state index contributed by atoms with van der Waals surface area (Å²) in [5.74, 6) is 3.43. The van der Waals surface area contributed by atoms with Crippen molar-refractivity contribution in [3.05, 3.63) is 35.9 Å². The van der Waals surface area contributed by atoms with Crippen LogP contribution in [-0.4, -0.2) is 49.4 Å². The summed E-state index contributed by atoms with van der Waals surface area (Å²) >= 11 is 0. The Balaban J connectivity index is 1.42. The molecule has 0 radical (unpaired) electrons. The van der Waals surface area contributed by atoms with Crippen LogP contribution in [-0.2, 0) is 11.2 Å². The van der Waals surface area contributed by atoms with E-state index in [0.717, 1.165) is 50.7 Å². The van der Waals surface area contributed by atoms with Gasteiger partial charge >= 0.3 is 0 Å². The summed E-state index contributed by atoms with van der Waals surface area (Å²) in [6, 6.07) is 10.1. The van der Waals surface area contributed by atoms with Crippen molar-refractivity contribution in [2.24, 2.45) is 5.92 Å². The van der Waals surface area contributed by atoms with Crippen LogP contribution in [0.1, 0.15) is 12.0 Å². The smallest absolute Gasteiger partial charge is 0.229 e. The topological polar surface area (TPSA) is 85.5 Å². The summed E-state index contributed by atoms with van der Waals surface area (Å²) in [4.78, 5) is 11.1. The van der Waals surface area contributed by atoms with Crippen LogP contribution in [0.25, 0.3) is 0 Å². The standard InChI is InChI=1S/C19H25N5O2/c20-17-12-18(23-19(22-17)24-6-9-25-10-7-24)21-13-14-5-8-26-16-4-2-1-3-15(16)11-14/h1-4,12,14H,5-11,13H2,(H3,20,21,22,23). The Bertz CT molecular complexity index is 748. The van der Waals surface area contributed by atoms with E-state index in [1.165, 1.54) is 5.56 Å². The molecule has 0 spiro atoms. The van der Waals surface area contributed by atoms with E-state index in [1.54, 1.807) is 6.07 Å². The first-order chi connectivity index (χ1) is 12.8. The number of anilines is 3. The Morgan fingerprint density at radius 1 is 1.15 bits per heavy atom. The highest BCUT2D eigenvalue weighted by Crippen LogP contribution is 2.27. The van der Waals surface area contributed by atoms with Crippen molar-refractivity contribution >= 4 is 17.6 Å². The van der Waals surface area contributed by atoms with E-state index in [0.29, 0.717) is 30.9 Å². The number of nitrogen functional groups attached to an aromatic ring is 1. The molecule has 4 rings (SSSR count). The second-order valence-electron chi connectivity index (χ2n) is 6.77. The quantitative estimate of drug-likeness (QED) is 0.867. The number of fused-ring (bicyclic) bond motifs is 1. The molecule has 0 aliphatic carbocycles. The van der Waals surface area contributed by atoms with Gasteiger partial charge in [0, 0.05) is 25.7 Å². The van der Waals surface area contributed by atoms with Crippen LogP contribution < -0.4 is 20.7 Å². The average Bonchev–Trinajstić information content (AvgIpc) is 2.88. The molecule has 2 aliphatic rings. The zero-order valence-corrected chi connectivity index (χ0v) is 14.9. The van der Waals surface area contributed by atoms with Crippen molar-refractivity contribution in [2.45, 2.75) is 12.8 Å². The van der Waals surface area contributed by atoms with E-state index < -0.39 is 0 Å². The first-order valence-electron chi connectivity index (χ1n) is 9.20. The normalized spacial score (nSPS) is 20.0. The number of nitrogens with two attached hydrogens (primary N) is 1. The van der Waals surface area contributed by atoms with Crippen molar-refractivity contribution in [1.82, 2.24) is 9.97 Å². The molecule has 2 aliphatic heterocycles. The predicted molar refractivity (Wildman–Crippen MR) is 102 cm³/mol. The van der Waals surface area contributed by atoms with Gasteiger partial charge in [0.1, 0.15) is 17.4 Å². The van der Waals surface area contributed by atoms with Crippen LogP contribution in [0, 0.1) is 5.92 Å². The number of aromatic nitrogens is 2. The van der Waals surface area contributed by atoms with Crippen LogP contribution in [0.5, 0.6) is 5.75 Å². The van der Waals surface area contributed by atoms with Gasteiger partial charge < -0.3 is 25.4 Å². The van der Waals surface area contributed by atoms with Crippen molar-refractivity contribution in [1.29, 1.82) is 0 Å². The van der Waals surface area contributed by atoms with Gasteiger partial charge in [-0.1, -0.05) is 18.2 Å². The molecule has 1 unspecified atom stereocenters. The van der Waals surface area contributed by atoms with E-state index in [9.17, 15) is 0 Å². The second kappa shape index (κ2) is 7.78. The third-order valence-corrected chi connectivity index (χ3v) is 4.86. The maximum absolute atomic E-state index is 5.99. The van der Waals surface area contributed by atoms with Crippen molar-refractivity contribution in [2.75, 3.05) is 55.4 Å². The molecule has 0 amide bonds. The van der Waals surface area contributed by atoms with E-state index >= 15 is 0 Å². The van der Waals surface area contributed by atoms with E-state index in [4.69, 9.17) is 15.2 Å². The number of ether oxygens (including phenoxy) is 2. The summed E-state index contributed by atoms with van der Waals surface area (Å²) in [6.07, 6.45) is 2.01. The molecule has 7 heteroatoms. The fourth-order valence-corrected chi connectivity index (χ4v) is 3.43. The summed E-state index contributed by atoms with van der Waals surface area (Å²) < 4.78 is 11.2. The van der Waals surface area contributed by atoms with Gasteiger partial charge in [-0.05, 0) is 30.4 Å². The highest BCUT2D eigenvalue weighted by Gasteiger charge is 2.19. The average molecular weight is 355 g/mol. The zero-order chi connectivity index (χ0) is 17.8.